The Kier molecular flexibility index (Phi) is 7.42. The van der Waals surface area contributed by atoms with Gasteiger partial charge in [0.05, 0.1) is 17.1 Å². The van der Waals surface area contributed by atoms with Crippen LogP contribution in [0.4, 0.5) is 0 Å². The van der Waals surface area contributed by atoms with Crippen molar-refractivity contribution in [3.05, 3.63) is 188 Å². The summed E-state index contributed by atoms with van der Waals surface area (Å²) in [6.07, 6.45) is 1.82. The lowest BCUT2D eigenvalue weighted by atomic mass is 9.93. The van der Waals surface area contributed by atoms with Crippen molar-refractivity contribution in [3.8, 4) is 67.4 Å². The van der Waals surface area contributed by atoms with E-state index in [9.17, 15) is 0 Å². The van der Waals surface area contributed by atoms with Gasteiger partial charge in [-0.05, 0) is 47.5 Å². The lowest BCUT2D eigenvalue weighted by Crippen LogP contribution is -1.96. The van der Waals surface area contributed by atoms with Crippen LogP contribution in [0.15, 0.2) is 197 Å². The zero-order valence-corrected chi connectivity index (χ0v) is 30.1. The highest BCUT2D eigenvalue weighted by molar-refractivity contribution is 6.19. The first-order valence-corrected chi connectivity index (χ1v) is 18.7. The van der Waals surface area contributed by atoms with Gasteiger partial charge in [-0.2, -0.15) is 0 Å². The summed E-state index contributed by atoms with van der Waals surface area (Å²) in [5.74, 6) is 0.676. The van der Waals surface area contributed by atoms with Crippen LogP contribution in [-0.2, 0) is 0 Å². The number of pyridine rings is 1. The first-order chi connectivity index (χ1) is 27.7. The molecule has 0 unspecified atom stereocenters. The van der Waals surface area contributed by atoms with Crippen LogP contribution in [0.5, 0.6) is 0 Å². The molecule has 0 fully saturated rings. The fraction of sp³-hybridized carbons (Fsp3) is 0. The van der Waals surface area contributed by atoms with Crippen LogP contribution in [0.25, 0.3) is 111 Å². The van der Waals surface area contributed by atoms with Gasteiger partial charge in [0.1, 0.15) is 22.3 Å². The van der Waals surface area contributed by atoms with Gasteiger partial charge in [0.2, 0.25) is 0 Å². The molecule has 4 aromatic heterocycles. The monoisotopic (exact) mass is 717 g/mol. The highest BCUT2D eigenvalue weighted by atomic mass is 16.3. The second-order valence-electron chi connectivity index (χ2n) is 13.9. The maximum Gasteiger partial charge on any atom is 0.160 e. The molecular weight excluding hydrogens is 687 g/mol. The molecule has 7 aromatic carbocycles. The highest BCUT2D eigenvalue weighted by Gasteiger charge is 2.20. The summed E-state index contributed by atoms with van der Waals surface area (Å²) < 4.78 is 13.2. The van der Waals surface area contributed by atoms with Crippen molar-refractivity contribution in [2.24, 2.45) is 0 Å². The minimum absolute atomic E-state index is 0.676. The van der Waals surface area contributed by atoms with Crippen molar-refractivity contribution in [1.82, 2.24) is 15.0 Å². The standard InChI is InChI=1S/C51H31N3O2/c1-2-11-36(12-3-1)51-53-44(31-45(54-51)35-26-24-33(25-27-35)43-17-8-9-30-52-43)34-22-20-32(21-23-34)37-28-29-39(48-42-14-5-7-19-47(42)56-50(37)48)41-16-10-15-40-38-13-4-6-18-46(38)55-49(40)41/h1-31H. The number of rotatable bonds is 6. The second-order valence-corrected chi connectivity index (χ2v) is 13.9. The summed E-state index contributed by atoms with van der Waals surface area (Å²) >= 11 is 0. The Morgan fingerprint density at radius 3 is 1.62 bits per heavy atom. The van der Waals surface area contributed by atoms with E-state index in [1.54, 1.807) is 0 Å². The Hall–Kier alpha value is -7.63. The summed E-state index contributed by atoms with van der Waals surface area (Å²) in [7, 11) is 0. The third-order valence-electron chi connectivity index (χ3n) is 10.6. The fourth-order valence-electron chi connectivity index (χ4n) is 7.86. The van der Waals surface area contributed by atoms with Gasteiger partial charge < -0.3 is 8.83 Å². The molecule has 0 aliphatic heterocycles. The molecule has 4 heterocycles. The predicted octanol–water partition coefficient (Wildman–Crippen LogP) is 13.7. The molecule has 0 N–H and O–H groups in total. The van der Waals surface area contributed by atoms with Gasteiger partial charge in [-0.25, -0.2) is 9.97 Å². The fourth-order valence-corrected chi connectivity index (χ4v) is 7.86. The van der Waals surface area contributed by atoms with Crippen LogP contribution in [0, 0.1) is 0 Å². The molecule has 11 aromatic rings. The number of hydrogen-bond donors (Lipinski definition) is 0. The molecule has 0 aliphatic rings. The topological polar surface area (TPSA) is 65.0 Å². The summed E-state index contributed by atoms with van der Waals surface area (Å²) in [5.41, 5.74) is 14.3. The zero-order valence-electron chi connectivity index (χ0n) is 30.1. The van der Waals surface area contributed by atoms with Crippen LogP contribution < -0.4 is 0 Å². The largest absolute Gasteiger partial charge is 0.455 e. The van der Waals surface area contributed by atoms with Crippen LogP contribution in [-0.4, -0.2) is 15.0 Å². The molecule has 0 saturated heterocycles. The maximum atomic E-state index is 6.70. The van der Waals surface area contributed by atoms with Gasteiger partial charge in [-0.1, -0.05) is 146 Å². The Morgan fingerprint density at radius 2 is 0.911 bits per heavy atom. The van der Waals surface area contributed by atoms with Crippen molar-refractivity contribution in [1.29, 1.82) is 0 Å². The Labute approximate surface area is 322 Å². The third kappa shape index (κ3) is 5.37. The number of nitrogens with zero attached hydrogens (tertiary/aromatic N) is 3. The summed E-state index contributed by atoms with van der Waals surface area (Å²) in [5, 5.41) is 4.35. The SMILES string of the molecule is c1ccc(-c2nc(-c3ccc(-c4ccccn4)cc3)cc(-c3ccc(-c4ccc(-c5cccc6c5oc5ccccc56)c5c4oc4ccccc45)cc3)n2)cc1. The smallest absolute Gasteiger partial charge is 0.160 e. The number of furan rings is 2. The highest BCUT2D eigenvalue weighted by Crippen LogP contribution is 2.45. The summed E-state index contributed by atoms with van der Waals surface area (Å²) in [6.45, 7) is 0. The van der Waals surface area contributed by atoms with E-state index in [2.05, 4.69) is 114 Å². The van der Waals surface area contributed by atoms with Crippen molar-refractivity contribution in [2.45, 2.75) is 0 Å². The number of fused-ring (bicyclic) bond motifs is 6. The normalized spacial score (nSPS) is 11.6. The van der Waals surface area contributed by atoms with Crippen molar-refractivity contribution in [3.63, 3.8) is 0 Å². The number of aromatic nitrogens is 3. The van der Waals surface area contributed by atoms with Gasteiger partial charge in [0, 0.05) is 61.1 Å². The maximum absolute atomic E-state index is 6.70. The molecule has 56 heavy (non-hydrogen) atoms. The van der Waals surface area contributed by atoms with E-state index < -0.39 is 0 Å². The molecule has 0 bridgehead atoms. The molecule has 262 valence electrons. The van der Waals surface area contributed by atoms with E-state index in [0.717, 1.165) is 105 Å². The third-order valence-corrected chi connectivity index (χ3v) is 10.6. The van der Waals surface area contributed by atoms with Gasteiger partial charge in [-0.15, -0.1) is 0 Å². The molecule has 0 radical (unpaired) electrons. The van der Waals surface area contributed by atoms with E-state index in [1.807, 2.05) is 79.0 Å². The zero-order chi connectivity index (χ0) is 37.0. The van der Waals surface area contributed by atoms with Gasteiger partial charge in [-0.3, -0.25) is 4.98 Å². The lowest BCUT2D eigenvalue weighted by Gasteiger charge is -2.11. The van der Waals surface area contributed by atoms with E-state index in [1.165, 1.54) is 0 Å². The molecule has 0 atom stereocenters. The summed E-state index contributed by atoms with van der Waals surface area (Å²) in [6, 6.07) is 62.4. The van der Waals surface area contributed by atoms with Gasteiger partial charge in [0.25, 0.3) is 0 Å². The molecule has 5 heteroatoms. The second kappa shape index (κ2) is 13.0. The van der Waals surface area contributed by atoms with E-state index in [4.69, 9.17) is 18.8 Å². The molecule has 11 rings (SSSR count). The van der Waals surface area contributed by atoms with Crippen LogP contribution in [0.1, 0.15) is 0 Å². The minimum Gasteiger partial charge on any atom is -0.455 e. The minimum atomic E-state index is 0.676. The van der Waals surface area contributed by atoms with E-state index >= 15 is 0 Å². The van der Waals surface area contributed by atoms with Crippen LogP contribution >= 0.6 is 0 Å². The summed E-state index contributed by atoms with van der Waals surface area (Å²) in [4.78, 5) is 14.6. The molecule has 5 nitrogen and oxygen atoms in total. The van der Waals surface area contributed by atoms with E-state index in [-0.39, 0.29) is 0 Å². The predicted molar refractivity (Wildman–Crippen MR) is 227 cm³/mol. The molecule has 0 saturated carbocycles. The Balaban J connectivity index is 1.02. The molecular formula is C51H31N3O2. The Morgan fingerprint density at radius 1 is 0.339 bits per heavy atom. The van der Waals surface area contributed by atoms with Gasteiger partial charge >= 0.3 is 0 Å². The van der Waals surface area contributed by atoms with Crippen LogP contribution in [0.2, 0.25) is 0 Å². The van der Waals surface area contributed by atoms with Crippen LogP contribution in [0.3, 0.4) is 0 Å². The first-order valence-electron chi connectivity index (χ1n) is 18.7. The average molecular weight is 718 g/mol. The van der Waals surface area contributed by atoms with E-state index in [0.29, 0.717) is 5.82 Å². The molecule has 0 aliphatic carbocycles. The first kappa shape index (κ1) is 31.9. The van der Waals surface area contributed by atoms with Crippen molar-refractivity contribution in [2.75, 3.05) is 0 Å². The van der Waals surface area contributed by atoms with Gasteiger partial charge in [0.15, 0.2) is 5.82 Å². The molecule has 0 amide bonds. The van der Waals surface area contributed by atoms with Crippen molar-refractivity contribution >= 4 is 43.9 Å². The van der Waals surface area contributed by atoms with Crippen molar-refractivity contribution < 1.29 is 8.83 Å². The number of benzene rings is 7. The lowest BCUT2D eigenvalue weighted by molar-refractivity contribution is 0.669. The quantitative estimate of drug-likeness (QED) is 0.171. The average Bonchev–Trinajstić information content (AvgIpc) is 3.86. The Bertz CT molecular complexity index is 3220. The number of para-hydroxylation sites is 3. The number of hydrogen-bond acceptors (Lipinski definition) is 5. The molecule has 0 spiro atoms.